The minimum atomic E-state index is -0.408. The Morgan fingerprint density at radius 2 is 1.80 bits per heavy atom. The van der Waals surface area contributed by atoms with Crippen LogP contribution in [0.5, 0.6) is 0 Å². The van der Waals surface area contributed by atoms with E-state index in [2.05, 4.69) is 36.2 Å². The molecule has 0 radical (unpaired) electrons. The van der Waals surface area contributed by atoms with Crippen molar-refractivity contribution in [2.75, 3.05) is 13.6 Å². The summed E-state index contributed by atoms with van der Waals surface area (Å²) < 4.78 is 0. The van der Waals surface area contributed by atoms with Crippen molar-refractivity contribution in [1.82, 2.24) is 4.90 Å². The van der Waals surface area contributed by atoms with Crippen LogP contribution in [-0.2, 0) is 6.42 Å². The summed E-state index contributed by atoms with van der Waals surface area (Å²) in [5.74, 6) is 0. The zero-order valence-corrected chi connectivity index (χ0v) is 11.9. The number of benzene rings is 2. The lowest BCUT2D eigenvalue weighted by atomic mass is 9.88. The molecule has 0 saturated carbocycles. The molecular weight excluding hydrogens is 246 g/mol. The molecule has 2 aromatic rings. The average molecular weight is 267 g/mol. The fourth-order valence-electron chi connectivity index (χ4n) is 3.11. The molecule has 0 aromatic heterocycles. The Morgan fingerprint density at radius 1 is 1.10 bits per heavy atom. The number of fused-ring (bicyclic) bond motifs is 1. The van der Waals surface area contributed by atoms with Crippen LogP contribution in [0, 0.1) is 0 Å². The zero-order chi connectivity index (χ0) is 13.9. The first-order chi connectivity index (χ1) is 9.75. The topological polar surface area (TPSA) is 23.5 Å². The second kappa shape index (κ2) is 5.78. The van der Waals surface area contributed by atoms with Gasteiger partial charge in [0, 0.05) is 12.6 Å². The Kier molecular flexibility index (Phi) is 3.86. The van der Waals surface area contributed by atoms with Gasteiger partial charge in [0.25, 0.3) is 0 Å². The molecule has 0 fully saturated rings. The molecule has 2 heteroatoms. The van der Waals surface area contributed by atoms with Gasteiger partial charge < -0.3 is 5.11 Å². The summed E-state index contributed by atoms with van der Waals surface area (Å²) in [4.78, 5) is 2.36. The van der Waals surface area contributed by atoms with E-state index in [0.717, 1.165) is 24.9 Å². The first-order valence-corrected chi connectivity index (χ1v) is 7.27. The third-order valence-electron chi connectivity index (χ3n) is 4.31. The van der Waals surface area contributed by atoms with Gasteiger partial charge >= 0.3 is 0 Å². The highest BCUT2D eigenvalue weighted by molar-refractivity contribution is 5.33. The average Bonchev–Trinajstić information content (AvgIpc) is 2.51. The predicted octanol–water partition coefficient (Wildman–Crippen LogP) is 3.34. The Labute approximate surface area is 120 Å². The van der Waals surface area contributed by atoms with Gasteiger partial charge in [-0.2, -0.15) is 0 Å². The maximum atomic E-state index is 10.5. The lowest BCUT2D eigenvalue weighted by Crippen LogP contribution is -2.33. The predicted molar refractivity (Wildman–Crippen MR) is 81.5 cm³/mol. The number of nitrogens with zero attached hydrogens (tertiary/aromatic N) is 1. The maximum absolute atomic E-state index is 10.5. The molecule has 2 atom stereocenters. The summed E-state index contributed by atoms with van der Waals surface area (Å²) in [7, 11) is 2.15. The maximum Gasteiger partial charge on any atom is 0.0808 e. The highest BCUT2D eigenvalue weighted by Crippen LogP contribution is 2.35. The van der Waals surface area contributed by atoms with Crippen LogP contribution in [0.25, 0.3) is 0 Å². The molecule has 0 unspecified atom stereocenters. The Balaban J connectivity index is 1.83. The van der Waals surface area contributed by atoms with Crippen molar-refractivity contribution in [3.63, 3.8) is 0 Å². The van der Waals surface area contributed by atoms with E-state index in [1.165, 1.54) is 11.1 Å². The van der Waals surface area contributed by atoms with Crippen LogP contribution in [0.3, 0.4) is 0 Å². The largest absolute Gasteiger partial charge is 0.388 e. The summed E-state index contributed by atoms with van der Waals surface area (Å²) in [6, 6.07) is 18.9. The highest BCUT2D eigenvalue weighted by atomic mass is 16.3. The number of aliphatic hydroxyl groups is 1. The minimum absolute atomic E-state index is 0.301. The van der Waals surface area contributed by atoms with Gasteiger partial charge in [-0.25, -0.2) is 0 Å². The molecule has 2 nitrogen and oxygen atoms in total. The molecule has 1 aliphatic rings. The third kappa shape index (κ3) is 2.62. The first kappa shape index (κ1) is 13.3. The molecule has 0 bridgehead atoms. The van der Waals surface area contributed by atoms with Crippen LogP contribution in [0.1, 0.15) is 35.3 Å². The molecule has 1 N–H and O–H groups in total. The molecule has 1 heterocycles. The van der Waals surface area contributed by atoms with E-state index in [0.29, 0.717) is 6.04 Å². The van der Waals surface area contributed by atoms with Crippen LogP contribution in [-0.4, -0.2) is 23.6 Å². The van der Waals surface area contributed by atoms with Crippen molar-refractivity contribution < 1.29 is 5.11 Å². The second-order valence-corrected chi connectivity index (χ2v) is 5.61. The van der Waals surface area contributed by atoms with Crippen LogP contribution in [0.4, 0.5) is 0 Å². The third-order valence-corrected chi connectivity index (χ3v) is 4.31. The van der Waals surface area contributed by atoms with E-state index in [1.807, 2.05) is 30.3 Å². The normalized spacial score (nSPS) is 20.4. The first-order valence-electron chi connectivity index (χ1n) is 7.27. The molecule has 0 amide bonds. The van der Waals surface area contributed by atoms with Crippen molar-refractivity contribution in [3.8, 4) is 0 Å². The molecular formula is C18H21NO. The molecule has 0 aliphatic carbocycles. The van der Waals surface area contributed by atoms with Crippen LogP contribution in [0.2, 0.25) is 0 Å². The quantitative estimate of drug-likeness (QED) is 0.922. The van der Waals surface area contributed by atoms with Gasteiger partial charge in [0.15, 0.2) is 0 Å². The highest BCUT2D eigenvalue weighted by Gasteiger charge is 2.26. The summed E-state index contributed by atoms with van der Waals surface area (Å²) in [6.45, 7) is 1.06. The van der Waals surface area contributed by atoms with Gasteiger partial charge in [0.05, 0.1) is 6.10 Å². The van der Waals surface area contributed by atoms with E-state index >= 15 is 0 Å². The molecule has 0 spiro atoms. The van der Waals surface area contributed by atoms with E-state index in [4.69, 9.17) is 0 Å². The Hall–Kier alpha value is -1.64. The summed E-state index contributed by atoms with van der Waals surface area (Å²) in [5.41, 5.74) is 3.80. The number of rotatable bonds is 3. The van der Waals surface area contributed by atoms with Gasteiger partial charge in [-0.3, -0.25) is 4.90 Å². The standard InChI is InChI=1S/C18H21NO/c1-19-12-11-14-7-5-6-10-16(14)17(19)13-18(20)15-8-3-2-4-9-15/h2-10,17-18,20H,11-13H2,1H3/t17-,18+/m1/s1. The van der Waals surface area contributed by atoms with Crippen molar-refractivity contribution in [2.45, 2.75) is 25.0 Å². The second-order valence-electron chi connectivity index (χ2n) is 5.61. The van der Waals surface area contributed by atoms with Crippen molar-refractivity contribution in [1.29, 1.82) is 0 Å². The lowest BCUT2D eigenvalue weighted by molar-refractivity contribution is 0.109. The number of aliphatic hydroxyl groups excluding tert-OH is 1. The van der Waals surface area contributed by atoms with Gasteiger partial charge in [0.2, 0.25) is 0 Å². The van der Waals surface area contributed by atoms with Gasteiger partial charge in [-0.15, -0.1) is 0 Å². The van der Waals surface area contributed by atoms with Gasteiger partial charge in [-0.1, -0.05) is 54.6 Å². The fraction of sp³-hybridized carbons (Fsp3) is 0.333. The van der Waals surface area contributed by atoms with Gasteiger partial charge in [0.1, 0.15) is 0 Å². The summed E-state index contributed by atoms with van der Waals surface area (Å²) in [6.07, 6.45) is 1.44. The molecule has 2 aromatic carbocycles. The van der Waals surface area contributed by atoms with E-state index in [1.54, 1.807) is 0 Å². The van der Waals surface area contributed by atoms with Crippen LogP contribution < -0.4 is 0 Å². The molecule has 104 valence electrons. The van der Waals surface area contributed by atoms with Crippen molar-refractivity contribution in [3.05, 3.63) is 71.3 Å². The van der Waals surface area contributed by atoms with Crippen molar-refractivity contribution in [2.24, 2.45) is 0 Å². The Morgan fingerprint density at radius 3 is 2.60 bits per heavy atom. The van der Waals surface area contributed by atoms with Crippen molar-refractivity contribution >= 4 is 0 Å². The minimum Gasteiger partial charge on any atom is -0.388 e. The Bertz CT molecular complexity index is 567. The number of hydrogen-bond donors (Lipinski definition) is 1. The monoisotopic (exact) mass is 267 g/mol. The smallest absolute Gasteiger partial charge is 0.0808 e. The van der Waals surface area contributed by atoms with E-state index in [-0.39, 0.29) is 0 Å². The number of hydrogen-bond acceptors (Lipinski definition) is 2. The van der Waals surface area contributed by atoms with E-state index < -0.39 is 6.10 Å². The fourth-order valence-corrected chi connectivity index (χ4v) is 3.11. The molecule has 1 aliphatic heterocycles. The number of likely N-dealkylation sites (N-methyl/N-ethyl adjacent to an activating group) is 1. The SMILES string of the molecule is CN1CCc2ccccc2[C@H]1C[C@H](O)c1ccccc1. The molecule has 20 heavy (non-hydrogen) atoms. The lowest BCUT2D eigenvalue weighted by Gasteiger charge is -2.35. The van der Waals surface area contributed by atoms with Crippen LogP contribution >= 0.6 is 0 Å². The van der Waals surface area contributed by atoms with E-state index in [9.17, 15) is 5.11 Å². The molecule has 0 saturated heterocycles. The summed E-state index contributed by atoms with van der Waals surface area (Å²) >= 11 is 0. The summed E-state index contributed by atoms with van der Waals surface area (Å²) in [5, 5.41) is 10.5. The van der Waals surface area contributed by atoms with Crippen LogP contribution in [0.15, 0.2) is 54.6 Å². The molecule has 3 rings (SSSR count). The zero-order valence-electron chi connectivity index (χ0n) is 11.9. The van der Waals surface area contributed by atoms with Gasteiger partial charge in [-0.05, 0) is 36.6 Å².